The van der Waals surface area contributed by atoms with Crippen LogP contribution in [0.1, 0.15) is 43.3 Å². The van der Waals surface area contributed by atoms with Crippen LogP contribution in [0, 0.1) is 0 Å². The number of aromatic amines is 2. The van der Waals surface area contributed by atoms with Crippen LogP contribution in [0.15, 0.2) is 97.1 Å². The smallest absolute Gasteiger partial charge is 0.368 e. The molecule has 4 aromatic carbocycles. The Bertz CT molecular complexity index is 1850. The molecule has 3 heterocycles. The van der Waals surface area contributed by atoms with Gasteiger partial charge in [-0.05, 0) is 74.5 Å². The molecule has 0 spiro atoms. The molecule has 0 bridgehead atoms. The summed E-state index contributed by atoms with van der Waals surface area (Å²) in [6, 6.07) is 29.7. The summed E-state index contributed by atoms with van der Waals surface area (Å²) < 4.78 is 17.9. The van der Waals surface area contributed by atoms with Gasteiger partial charge in [-0.15, -0.1) is 5.06 Å². The number of carbonyl (C=O) groups excluding carboxylic acids is 1. The molecule has 6 aromatic rings. The summed E-state index contributed by atoms with van der Waals surface area (Å²) in [4.78, 5) is 34.7. The SMILES string of the molecule is CC(Oc1ccc(OC(=O)C2(c3ccc(OC(C)c4nc5ccccc5[nH]4)cc3)ON2C)cc1)c1nc2ccccc2[nH]1. The number of esters is 1. The predicted octanol–water partition coefficient (Wildman–Crippen LogP) is 6.35. The van der Waals surface area contributed by atoms with Gasteiger partial charge in [-0.1, -0.05) is 36.4 Å². The van der Waals surface area contributed by atoms with Crippen molar-refractivity contribution < 1.29 is 23.8 Å². The Balaban J connectivity index is 0.990. The van der Waals surface area contributed by atoms with Crippen molar-refractivity contribution in [2.45, 2.75) is 31.8 Å². The molecule has 1 fully saturated rings. The minimum absolute atomic E-state index is 0.300. The van der Waals surface area contributed by atoms with Gasteiger partial charge in [0.05, 0.1) is 22.1 Å². The number of rotatable bonds is 9. The summed E-state index contributed by atoms with van der Waals surface area (Å²) in [6.45, 7) is 3.85. The van der Waals surface area contributed by atoms with E-state index in [1.165, 1.54) is 5.06 Å². The van der Waals surface area contributed by atoms with Gasteiger partial charge in [-0.25, -0.2) is 14.8 Å². The number of carbonyl (C=O) groups is 1. The number of ether oxygens (including phenoxy) is 3. The number of nitrogens with one attached hydrogen (secondary N) is 2. The third-order valence-electron chi connectivity index (χ3n) is 7.45. The van der Waals surface area contributed by atoms with E-state index in [4.69, 9.17) is 19.0 Å². The highest BCUT2D eigenvalue weighted by molar-refractivity contribution is 5.84. The number of H-pyrrole nitrogens is 2. The van der Waals surface area contributed by atoms with Crippen molar-refractivity contribution in [1.29, 1.82) is 0 Å². The molecule has 43 heavy (non-hydrogen) atoms. The van der Waals surface area contributed by atoms with Crippen LogP contribution in [0.2, 0.25) is 0 Å². The molecule has 4 atom stereocenters. The molecule has 0 aliphatic carbocycles. The second kappa shape index (κ2) is 10.6. The fourth-order valence-corrected chi connectivity index (χ4v) is 5.07. The Morgan fingerprint density at radius 3 is 1.63 bits per heavy atom. The van der Waals surface area contributed by atoms with Crippen molar-refractivity contribution in [1.82, 2.24) is 25.0 Å². The van der Waals surface area contributed by atoms with E-state index in [-0.39, 0.29) is 12.2 Å². The summed E-state index contributed by atoms with van der Waals surface area (Å²) >= 11 is 0. The number of imidazole rings is 2. The van der Waals surface area contributed by atoms with Crippen molar-refractivity contribution in [3.63, 3.8) is 0 Å². The van der Waals surface area contributed by atoms with Crippen LogP contribution in [0.4, 0.5) is 0 Å². The van der Waals surface area contributed by atoms with Gasteiger partial charge < -0.3 is 24.2 Å². The van der Waals surface area contributed by atoms with Crippen LogP contribution in [0.3, 0.4) is 0 Å². The predicted molar refractivity (Wildman–Crippen MR) is 159 cm³/mol. The standard InChI is InChI=1S/C33H29N5O5/c1-20(30-34-26-8-4-5-9-27(26)35-30)40-23-14-12-22(13-15-23)33(38(3)43-33)32(39)42-25-18-16-24(17-19-25)41-21(2)31-36-28-10-6-7-11-29(28)37-31/h4-21H,1-3H3,(H,34,35)(H,36,37). The first-order valence-electron chi connectivity index (χ1n) is 14.0. The maximum absolute atomic E-state index is 13.3. The second-order valence-corrected chi connectivity index (χ2v) is 10.4. The molecule has 7 rings (SSSR count). The molecule has 1 aliphatic rings. The summed E-state index contributed by atoms with van der Waals surface area (Å²) in [5.74, 6) is 2.54. The number of benzene rings is 4. The Hall–Kier alpha value is -5.19. The zero-order valence-electron chi connectivity index (χ0n) is 23.8. The van der Waals surface area contributed by atoms with Gasteiger partial charge in [0.2, 0.25) is 0 Å². The molecule has 1 saturated heterocycles. The normalized spacial score (nSPS) is 19.2. The molecule has 2 N–H and O–H groups in total. The molecule has 0 amide bonds. The van der Waals surface area contributed by atoms with E-state index in [0.29, 0.717) is 22.8 Å². The van der Waals surface area contributed by atoms with Crippen molar-refractivity contribution >= 4 is 28.0 Å². The van der Waals surface area contributed by atoms with Crippen LogP contribution < -0.4 is 14.2 Å². The summed E-state index contributed by atoms with van der Waals surface area (Å²) in [5.41, 5.74) is 2.97. The highest BCUT2D eigenvalue weighted by atomic mass is 16.9. The topological polar surface area (TPSA) is 118 Å². The van der Waals surface area contributed by atoms with Gasteiger partial charge in [-0.2, -0.15) is 0 Å². The molecular weight excluding hydrogens is 546 g/mol. The molecule has 1 aliphatic heterocycles. The van der Waals surface area contributed by atoms with E-state index in [1.54, 1.807) is 55.6 Å². The van der Waals surface area contributed by atoms with Crippen LogP contribution in [-0.4, -0.2) is 38.0 Å². The minimum atomic E-state index is -1.34. The zero-order chi connectivity index (χ0) is 29.6. The molecule has 216 valence electrons. The number of hydrogen-bond donors (Lipinski definition) is 2. The second-order valence-electron chi connectivity index (χ2n) is 10.4. The molecule has 10 nitrogen and oxygen atoms in total. The van der Waals surface area contributed by atoms with Gasteiger partial charge in [0, 0.05) is 12.6 Å². The average Bonchev–Trinajstić information content (AvgIpc) is 3.34. The van der Waals surface area contributed by atoms with Gasteiger partial charge in [0.15, 0.2) is 12.2 Å². The van der Waals surface area contributed by atoms with Crippen LogP contribution in [0.5, 0.6) is 17.2 Å². The number of aromatic nitrogens is 4. The maximum atomic E-state index is 13.3. The molecule has 2 aromatic heterocycles. The third kappa shape index (κ3) is 5.07. The number of nitrogens with zero attached hydrogens (tertiary/aromatic N) is 3. The van der Waals surface area contributed by atoms with Gasteiger partial charge in [0.25, 0.3) is 5.72 Å². The lowest BCUT2D eigenvalue weighted by Crippen LogP contribution is -2.30. The van der Waals surface area contributed by atoms with Crippen molar-refractivity contribution in [2.75, 3.05) is 7.05 Å². The van der Waals surface area contributed by atoms with Gasteiger partial charge >= 0.3 is 5.97 Å². The van der Waals surface area contributed by atoms with E-state index in [9.17, 15) is 4.79 Å². The van der Waals surface area contributed by atoms with Crippen molar-refractivity contribution in [3.8, 4) is 17.2 Å². The first-order valence-corrected chi connectivity index (χ1v) is 14.0. The van der Waals surface area contributed by atoms with E-state index < -0.39 is 11.7 Å². The van der Waals surface area contributed by atoms with E-state index in [1.807, 2.05) is 62.4 Å². The van der Waals surface area contributed by atoms with Crippen molar-refractivity contribution in [3.05, 3.63) is 114 Å². The number of hydroxylamine groups is 2. The highest BCUT2D eigenvalue weighted by Gasteiger charge is 2.62. The quantitative estimate of drug-likeness (QED) is 0.116. The van der Waals surface area contributed by atoms with E-state index >= 15 is 0 Å². The monoisotopic (exact) mass is 575 g/mol. The zero-order valence-corrected chi connectivity index (χ0v) is 23.8. The number of likely N-dealkylation sites (N-methyl/N-ethyl adjacent to an activating group) is 1. The lowest BCUT2D eigenvalue weighted by Gasteiger charge is -2.15. The third-order valence-corrected chi connectivity index (χ3v) is 7.45. The van der Waals surface area contributed by atoms with Gasteiger partial charge in [-0.3, -0.25) is 4.84 Å². The van der Waals surface area contributed by atoms with Gasteiger partial charge in [0.1, 0.15) is 28.9 Å². The first kappa shape index (κ1) is 26.7. The van der Waals surface area contributed by atoms with E-state index in [2.05, 4.69) is 19.9 Å². The molecule has 4 unspecified atom stereocenters. The Kier molecular flexibility index (Phi) is 6.56. The summed E-state index contributed by atoms with van der Waals surface area (Å²) in [6.07, 6.45) is -0.600. The number of fused-ring (bicyclic) bond motifs is 2. The summed E-state index contributed by atoms with van der Waals surface area (Å²) in [5, 5.41) is 1.47. The van der Waals surface area contributed by atoms with Crippen LogP contribution in [0.25, 0.3) is 22.1 Å². The fourth-order valence-electron chi connectivity index (χ4n) is 5.07. The molecule has 10 heteroatoms. The Morgan fingerprint density at radius 2 is 1.16 bits per heavy atom. The average molecular weight is 576 g/mol. The Labute approximate surface area is 247 Å². The van der Waals surface area contributed by atoms with Crippen LogP contribution in [-0.2, 0) is 15.4 Å². The largest absolute Gasteiger partial charge is 0.483 e. The maximum Gasteiger partial charge on any atom is 0.368 e. The number of para-hydroxylation sites is 4. The molecular formula is C33H29N5O5. The minimum Gasteiger partial charge on any atom is -0.483 e. The highest BCUT2D eigenvalue weighted by Crippen LogP contribution is 2.45. The summed E-state index contributed by atoms with van der Waals surface area (Å²) in [7, 11) is 1.69. The molecule has 0 radical (unpaired) electrons. The van der Waals surface area contributed by atoms with Crippen molar-refractivity contribution in [2.24, 2.45) is 0 Å². The first-order chi connectivity index (χ1) is 20.9. The lowest BCUT2D eigenvalue weighted by molar-refractivity contribution is -0.141. The van der Waals surface area contributed by atoms with E-state index in [0.717, 1.165) is 33.7 Å². The molecule has 0 saturated carbocycles. The van der Waals surface area contributed by atoms with Crippen LogP contribution >= 0.6 is 0 Å². The fraction of sp³-hybridized carbons (Fsp3) is 0.182. The number of hydrogen-bond acceptors (Lipinski definition) is 8. The lowest BCUT2D eigenvalue weighted by atomic mass is 10.1. The Morgan fingerprint density at radius 1 is 0.721 bits per heavy atom.